The molecule has 3 aromatic rings. The number of thiazole rings is 1. The van der Waals surface area contributed by atoms with Crippen molar-refractivity contribution < 1.29 is 9.47 Å². The number of fused-ring (bicyclic) bond motifs is 1. The zero-order chi connectivity index (χ0) is 16.9. The molecule has 0 radical (unpaired) electrons. The van der Waals surface area contributed by atoms with Crippen molar-refractivity contribution in [3.63, 3.8) is 0 Å². The van der Waals surface area contributed by atoms with Gasteiger partial charge in [-0.25, -0.2) is 4.98 Å². The van der Waals surface area contributed by atoms with E-state index in [1.165, 1.54) is 11.8 Å². The van der Waals surface area contributed by atoms with E-state index < -0.39 is 0 Å². The Kier molecular flexibility index (Phi) is 5.04. The van der Waals surface area contributed by atoms with Gasteiger partial charge in [0, 0.05) is 5.56 Å². The zero-order valence-electron chi connectivity index (χ0n) is 13.1. The molecule has 2 aromatic carbocycles. The number of para-hydroxylation sites is 1. The minimum Gasteiger partial charge on any atom is -0.497 e. The van der Waals surface area contributed by atoms with Crippen molar-refractivity contribution in [2.45, 2.75) is 4.34 Å². The number of hydrogen-bond acceptors (Lipinski definition) is 6. The summed E-state index contributed by atoms with van der Waals surface area (Å²) in [5, 5.41) is 9.48. The molecule has 0 bridgehead atoms. The standard InChI is InChI=1S/C18H14N2O2S2/c1-21-13-7-8-16(22-2)12(9-13)10-14(11-19)23-18-20-15-5-3-4-6-17(15)24-18/h3-10H,1-2H3. The summed E-state index contributed by atoms with van der Waals surface area (Å²) in [6.07, 6.45) is 1.79. The monoisotopic (exact) mass is 354 g/mol. The van der Waals surface area contributed by atoms with Crippen LogP contribution in [-0.4, -0.2) is 19.2 Å². The number of ether oxygens (including phenoxy) is 2. The first-order valence-corrected chi connectivity index (χ1v) is 8.74. The maximum atomic E-state index is 9.48. The summed E-state index contributed by atoms with van der Waals surface area (Å²) in [5.41, 5.74) is 1.74. The van der Waals surface area contributed by atoms with Gasteiger partial charge in [-0.3, -0.25) is 0 Å². The predicted octanol–water partition coefficient (Wildman–Crippen LogP) is 4.97. The molecule has 0 aliphatic rings. The quantitative estimate of drug-likeness (QED) is 0.478. The van der Waals surface area contributed by atoms with E-state index in [0.29, 0.717) is 16.4 Å². The van der Waals surface area contributed by atoms with Crippen LogP contribution < -0.4 is 9.47 Å². The Balaban J connectivity index is 1.93. The highest BCUT2D eigenvalue weighted by molar-refractivity contribution is 8.05. The molecule has 0 atom stereocenters. The SMILES string of the molecule is COc1ccc(OC)c(C=C(C#N)Sc2nc3ccccc3s2)c1. The molecule has 1 heterocycles. The van der Waals surface area contributed by atoms with E-state index in [9.17, 15) is 5.26 Å². The molecule has 0 aliphatic heterocycles. The van der Waals surface area contributed by atoms with Crippen LogP contribution in [0.4, 0.5) is 0 Å². The van der Waals surface area contributed by atoms with E-state index >= 15 is 0 Å². The summed E-state index contributed by atoms with van der Waals surface area (Å²) in [7, 11) is 3.21. The van der Waals surface area contributed by atoms with Gasteiger partial charge in [0.25, 0.3) is 0 Å². The fraction of sp³-hybridized carbons (Fsp3) is 0.111. The highest BCUT2D eigenvalue weighted by Crippen LogP contribution is 2.35. The van der Waals surface area contributed by atoms with Crippen LogP contribution >= 0.6 is 23.1 Å². The van der Waals surface area contributed by atoms with Gasteiger partial charge in [0.15, 0.2) is 4.34 Å². The number of rotatable bonds is 5. The van der Waals surface area contributed by atoms with Crippen molar-refractivity contribution in [3.05, 3.63) is 52.9 Å². The Bertz CT molecular complexity index is 909. The average Bonchev–Trinajstić information content (AvgIpc) is 3.03. The van der Waals surface area contributed by atoms with Crippen LogP contribution in [-0.2, 0) is 0 Å². The molecule has 0 spiro atoms. The molecule has 0 aliphatic carbocycles. The third-order valence-electron chi connectivity index (χ3n) is 3.31. The highest BCUT2D eigenvalue weighted by atomic mass is 32.2. The van der Waals surface area contributed by atoms with Gasteiger partial charge in [0.1, 0.15) is 17.6 Å². The lowest BCUT2D eigenvalue weighted by Crippen LogP contribution is -1.90. The van der Waals surface area contributed by atoms with E-state index in [4.69, 9.17) is 9.47 Å². The minimum atomic E-state index is 0.542. The summed E-state index contributed by atoms with van der Waals surface area (Å²) < 4.78 is 12.5. The molecule has 120 valence electrons. The Hall–Kier alpha value is -2.49. The van der Waals surface area contributed by atoms with Crippen molar-refractivity contribution >= 4 is 39.4 Å². The molecule has 0 N–H and O–H groups in total. The molecule has 0 unspecified atom stereocenters. The number of benzene rings is 2. The van der Waals surface area contributed by atoms with Crippen LogP contribution in [0.25, 0.3) is 16.3 Å². The van der Waals surface area contributed by atoms with Gasteiger partial charge >= 0.3 is 0 Å². The van der Waals surface area contributed by atoms with Crippen molar-refractivity contribution in [2.75, 3.05) is 14.2 Å². The van der Waals surface area contributed by atoms with Crippen LogP contribution in [0.3, 0.4) is 0 Å². The topological polar surface area (TPSA) is 55.1 Å². The van der Waals surface area contributed by atoms with E-state index in [1.807, 2.05) is 42.5 Å². The summed E-state index contributed by atoms with van der Waals surface area (Å²) in [6, 6.07) is 15.6. The largest absolute Gasteiger partial charge is 0.497 e. The van der Waals surface area contributed by atoms with Crippen molar-refractivity contribution in [1.82, 2.24) is 4.98 Å². The van der Waals surface area contributed by atoms with Crippen LogP contribution in [0.1, 0.15) is 5.56 Å². The maximum absolute atomic E-state index is 9.48. The number of nitriles is 1. The fourth-order valence-electron chi connectivity index (χ4n) is 2.17. The number of methoxy groups -OCH3 is 2. The summed E-state index contributed by atoms with van der Waals surface area (Å²) in [5.74, 6) is 1.40. The number of aromatic nitrogens is 1. The fourth-order valence-corrected chi connectivity index (χ4v) is 4.13. The molecule has 24 heavy (non-hydrogen) atoms. The van der Waals surface area contributed by atoms with Crippen molar-refractivity contribution in [3.8, 4) is 17.6 Å². The van der Waals surface area contributed by atoms with Crippen LogP contribution in [0.15, 0.2) is 51.7 Å². The molecular weight excluding hydrogens is 340 g/mol. The average molecular weight is 354 g/mol. The number of nitrogens with zero attached hydrogens (tertiary/aromatic N) is 2. The number of thioether (sulfide) groups is 1. The highest BCUT2D eigenvalue weighted by Gasteiger charge is 2.09. The number of hydrogen-bond donors (Lipinski definition) is 0. The van der Waals surface area contributed by atoms with Crippen LogP contribution in [0.2, 0.25) is 0 Å². The van der Waals surface area contributed by atoms with Crippen molar-refractivity contribution in [1.29, 1.82) is 5.26 Å². The van der Waals surface area contributed by atoms with Gasteiger partial charge in [-0.1, -0.05) is 12.1 Å². The van der Waals surface area contributed by atoms with E-state index in [2.05, 4.69) is 11.1 Å². The molecule has 0 saturated heterocycles. The first-order valence-electron chi connectivity index (χ1n) is 7.10. The van der Waals surface area contributed by atoms with Gasteiger partial charge in [-0.05, 0) is 48.2 Å². The second-order valence-corrected chi connectivity index (χ2v) is 7.10. The molecule has 3 rings (SSSR count). The van der Waals surface area contributed by atoms with Gasteiger partial charge in [-0.15, -0.1) is 11.3 Å². The van der Waals surface area contributed by atoms with Crippen LogP contribution in [0.5, 0.6) is 11.5 Å². The molecule has 0 fully saturated rings. The lowest BCUT2D eigenvalue weighted by Gasteiger charge is -2.07. The Morgan fingerprint density at radius 2 is 2.04 bits per heavy atom. The van der Waals surface area contributed by atoms with E-state index in [1.54, 1.807) is 31.6 Å². The summed E-state index contributed by atoms with van der Waals surface area (Å²) in [4.78, 5) is 5.09. The Morgan fingerprint density at radius 1 is 1.21 bits per heavy atom. The normalized spacial score (nSPS) is 11.3. The predicted molar refractivity (Wildman–Crippen MR) is 98.6 cm³/mol. The Morgan fingerprint density at radius 3 is 2.75 bits per heavy atom. The lowest BCUT2D eigenvalue weighted by molar-refractivity contribution is 0.402. The van der Waals surface area contributed by atoms with Crippen molar-refractivity contribution in [2.24, 2.45) is 0 Å². The minimum absolute atomic E-state index is 0.542. The summed E-state index contributed by atoms with van der Waals surface area (Å²) >= 11 is 2.93. The third kappa shape index (κ3) is 3.53. The first kappa shape index (κ1) is 16.4. The van der Waals surface area contributed by atoms with Crippen LogP contribution in [0, 0.1) is 11.3 Å². The second kappa shape index (κ2) is 7.39. The van der Waals surface area contributed by atoms with Gasteiger partial charge in [0.05, 0.1) is 29.3 Å². The van der Waals surface area contributed by atoms with Gasteiger partial charge < -0.3 is 9.47 Å². The lowest BCUT2D eigenvalue weighted by atomic mass is 10.1. The Labute approximate surface area is 148 Å². The molecule has 6 heteroatoms. The first-order chi connectivity index (χ1) is 11.7. The molecule has 4 nitrogen and oxygen atoms in total. The second-order valence-electron chi connectivity index (χ2n) is 4.78. The molecule has 1 aromatic heterocycles. The smallest absolute Gasteiger partial charge is 0.156 e. The van der Waals surface area contributed by atoms with E-state index in [0.717, 1.165) is 20.1 Å². The molecule has 0 saturated carbocycles. The zero-order valence-corrected chi connectivity index (χ0v) is 14.8. The maximum Gasteiger partial charge on any atom is 0.156 e. The van der Waals surface area contributed by atoms with Gasteiger partial charge in [-0.2, -0.15) is 5.26 Å². The molecule has 0 amide bonds. The third-order valence-corrected chi connectivity index (χ3v) is 5.33. The number of allylic oxidation sites excluding steroid dienone is 1. The molecular formula is C18H14N2O2S2. The summed E-state index contributed by atoms with van der Waals surface area (Å²) in [6.45, 7) is 0. The van der Waals surface area contributed by atoms with E-state index in [-0.39, 0.29) is 0 Å². The van der Waals surface area contributed by atoms with Gasteiger partial charge in [0.2, 0.25) is 0 Å².